The molecule has 126 valence electrons. The van der Waals surface area contributed by atoms with Crippen molar-refractivity contribution in [1.82, 2.24) is 14.5 Å². The summed E-state index contributed by atoms with van der Waals surface area (Å²) in [6, 6.07) is 6.60. The van der Waals surface area contributed by atoms with Crippen molar-refractivity contribution in [2.45, 2.75) is 44.9 Å². The second-order valence-corrected chi connectivity index (χ2v) is 7.31. The van der Waals surface area contributed by atoms with Gasteiger partial charge in [0.1, 0.15) is 5.82 Å². The maximum Gasteiger partial charge on any atom is 0.227 e. The fraction of sp³-hybridized carbons (Fsp3) is 0.500. The van der Waals surface area contributed by atoms with E-state index in [-0.39, 0.29) is 5.91 Å². The third-order valence-corrected chi connectivity index (χ3v) is 5.46. The standard InChI is InChI=1S/C20H25N3O/c1-14-12-22(2)20(21-14)18-8-9-23(13-18)19(24)11-15-6-7-16-4-3-5-17(16)10-15/h6-7,10,12,18H,3-5,8-9,11,13H2,1-2H3/t18-/m0/s1. The van der Waals surface area contributed by atoms with E-state index < -0.39 is 0 Å². The van der Waals surface area contributed by atoms with Gasteiger partial charge in [-0.25, -0.2) is 4.98 Å². The first-order valence-corrected chi connectivity index (χ1v) is 8.98. The molecule has 0 unspecified atom stereocenters. The highest BCUT2D eigenvalue weighted by molar-refractivity contribution is 5.79. The highest BCUT2D eigenvalue weighted by atomic mass is 16.2. The predicted molar refractivity (Wildman–Crippen MR) is 94.1 cm³/mol. The molecule has 1 aliphatic heterocycles. The van der Waals surface area contributed by atoms with Crippen LogP contribution in [0, 0.1) is 6.92 Å². The van der Waals surface area contributed by atoms with Crippen molar-refractivity contribution in [1.29, 1.82) is 0 Å². The van der Waals surface area contributed by atoms with Gasteiger partial charge in [0.05, 0.1) is 12.1 Å². The Labute approximate surface area is 143 Å². The second-order valence-electron chi connectivity index (χ2n) is 7.31. The smallest absolute Gasteiger partial charge is 0.227 e. The third-order valence-electron chi connectivity index (χ3n) is 5.46. The molecular weight excluding hydrogens is 298 g/mol. The Morgan fingerprint density at radius 1 is 1.29 bits per heavy atom. The Morgan fingerprint density at radius 3 is 2.92 bits per heavy atom. The van der Waals surface area contributed by atoms with E-state index in [1.807, 2.05) is 18.9 Å². The van der Waals surface area contributed by atoms with Gasteiger partial charge in [-0.2, -0.15) is 0 Å². The third kappa shape index (κ3) is 2.85. The summed E-state index contributed by atoms with van der Waals surface area (Å²) in [7, 11) is 2.05. The van der Waals surface area contributed by atoms with Gasteiger partial charge in [-0.1, -0.05) is 18.2 Å². The molecule has 4 rings (SSSR count). The number of nitrogens with zero attached hydrogens (tertiary/aromatic N) is 3. The number of fused-ring (bicyclic) bond motifs is 1. The van der Waals surface area contributed by atoms with Crippen LogP contribution in [0.2, 0.25) is 0 Å². The fourth-order valence-corrected chi connectivity index (χ4v) is 4.23. The number of likely N-dealkylation sites (tertiary alicyclic amines) is 1. The number of rotatable bonds is 3. The average Bonchev–Trinajstić information content (AvgIpc) is 3.26. The van der Waals surface area contributed by atoms with Gasteiger partial charge in [0, 0.05) is 32.3 Å². The number of hydrogen-bond donors (Lipinski definition) is 0. The highest BCUT2D eigenvalue weighted by Crippen LogP contribution is 2.27. The zero-order valence-corrected chi connectivity index (χ0v) is 14.6. The molecule has 0 spiro atoms. The van der Waals surface area contributed by atoms with Crippen molar-refractivity contribution in [2.75, 3.05) is 13.1 Å². The van der Waals surface area contributed by atoms with Crippen molar-refractivity contribution < 1.29 is 4.79 Å². The Bertz CT molecular complexity index is 777. The first-order valence-electron chi connectivity index (χ1n) is 8.98. The van der Waals surface area contributed by atoms with E-state index in [2.05, 4.69) is 33.9 Å². The van der Waals surface area contributed by atoms with Crippen molar-refractivity contribution in [3.63, 3.8) is 0 Å². The number of carbonyl (C=O) groups is 1. The topological polar surface area (TPSA) is 38.1 Å². The molecule has 4 heteroatoms. The molecule has 1 atom stereocenters. The zero-order valence-electron chi connectivity index (χ0n) is 14.6. The van der Waals surface area contributed by atoms with E-state index in [0.29, 0.717) is 12.3 Å². The van der Waals surface area contributed by atoms with Crippen molar-refractivity contribution >= 4 is 5.91 Å². The van der Waals surface area contributed by atoms with Crippen LogP contribution < -0.4 is 0 Å². The summed E-state index contributed by atoms with van der Waals surface area (Å²) in [5.41, 5.74) is 5.13. The number of amides is 1. The second kappa shape index (κ2) is 6.08. The molecule has 2 aromatic rings. The normalized spacial score (nSPS) is 19.8. The van der Waals surface area contributed by atoms with E-state index in [0.717, 1.165) is 36.6 Å². The summed E-state index contributed by atoms with van der Waals surface area (Å²) in [4.78, 5) is 19.3. The van der Waals surface area contributed by atoms with Crippen LogP contribution in [0.15, 0.2) is 24.4 Å². The van der Waals surface area contributed by atoms with Crippen LogP contribution >= 0.6 is 0 Å². The van der Waals surface area contributed by atoms with Gasteiger partial charge >= 0.3 is 0 Å². The molecule has 2 aliphatic rings. The van der Waals surface area contributed by atoms with E-state index >= 15 is 0 Å². The minimum absolute atomic E-state index is 0.251. The van der Waals surface area contributed by atoms with Crippen LogP contribution in [-0.4, -0.2) is 33.4 Å². The van der Waals surface area contributed by atoms with Gasteiger partial charge in [0.15, 0.2) is 0 Å². The molecular formula is C20H25N3O. The molecule has 0 radical (unpaired) electrons. The Balaban J connectivity index is 1.41. The number of carbonyl (C=O) groups excluding carboxylic acids is 1. The lowest BCUT2D eigenvalue weighted by molar-refractivity contribution is -0.129. The summed E-state index contributed by atoms with van der Waals surface area (Å²) in [5.74, 6) is 1.73. The maximum absolute atomic E-state index is 12.7. The molecule has 1 aliphatic carbocycles. The van der Waals surface area contributed by atoms with Crippen LogP contribution in [0.3, 0.4) is 0 Å². The molecule has 0 bridgehead atoms. The lowest BCUT2D eigenvalue weighted by Crippen LogP contribution is -2.30. The molecule has 24 heavy (non-hydrogen) atoms. The van der Waals surface area contributed by atoms with Crippen LogP contribution in [0.4, 0.5) is 0 Å². The molecule has 0 N–H and O–H groups in total. The van der Waals surface area contributed by atoms with Gasteiger partial charge < -0.3 is 9.47 Å². The first-order chi connectivity index (χ1) is 11.6. The van der Waals surface area contributed by atoms with Crippen LogP contribution in [-0.2, 0) is 31.1 Å². The predicted octanol–water partition coefficient (Wildman–Crippen LogP) is 2.78. The Hall–Kier alpha value is -2.10. The fourth-order valence-electron chi connectivity index (χ4n) is 4.23. The average molecular weight is 323 g/mol. The van der Waals surface area contributed by atoms with E-state index in [1.165, 1.54) is 30.4 Å². The molecule has 0 saturated carbocycles. The monoisotopic (exact) mass is 323 g/mol. The minimum atomic E-state index is 0.251. The molecule has 1 saturated heterocycles. The maximum atomic E-state index is 12.7. The van der Waals surface area contributed by atoms with Crippen LogP contribution in [0.5, 0.6) is 0 Å². The SMILES string of the molecule is Cc1cn(C)c([C@H]2CCN(C(=O)Cc3ccc4c(c3)CCC4)C2)n1. The Kier molecular flexibility index (Phi) is 3.91. The van der Waals surface area contributed by atoms with Crippen LogP contribution in [0.1, 0.15) is 47.0 Å². The van der Waals surface area contributed by atoms with E-state index in [1.54, 1.807) is 0 Å². The summed E-state index contributed by atoms with van der Waals surface area (Å²) < 4.78 is 2.11. The Morgan fingerprint density at radius 2 is 2.12 bits per heavy atom. The van der Waals surface area contributed by atoms with Crippen molar-refractivity contribution in [2.24, 2.45) is 7.05 Å². The molecule has 1 amide bonds. The number of aromatic nitrogens is 2. The summed E-state index contributed by atoms with van der Waals surface area (Å²) in [5, 5.41) is 0. The molecule has 2 heterocycles. The van der Waals surface area contributed by atoms with Gasteiger partial charge in [-0.05, 0) is 49.3 Å². The van der Waals surface area contributed by atoms with Gasteiger partial charge in [-0.3, -0.25) is 4.79 Å². The van der Waals surface area contributed by atoms with Gasteiger partial charge in [0.2, 0.25) is 5.91 Å². The quantitative estimate of drug-likeness (QED) is 0.871. The summed E-state index contributed by atoms with van der Waals surface area (Å²) in [6.45, 7) is 3.67. The molecule has 4 nitrogen and oxygen atoms in total. The first kappa shape index (κ1) is 15.4. The lowest BCUT2D eigenvalue weighted by Gasteiger charge is -2.17. The molecule has 1 fully saturated rings. The molecule has 1 aromatic carbocycles. The molecule has 1 aromatic heterocycles. The van der Waals surface area contributed by atoms with Crippen LogP contribution in [0.25, 0.3) is 0 Å². The zero-order chi connectivity index (χ0) is 16.7. The highest BCUT2D eigenvalue weighted by Gasteiger charge is 2.29. The van der Waals surface area contributed by atoms with Gasteiger partial charge in [-0.15, -0.1) is 0 Å². The largest absolute Gasteiger partial charge is 0.342 e. The minimum Gasteiger partial charge on any atom is -0.342 e. The number of benzene rings is 1. The van der Waals surface area contributed by atoms with Crippen molar-refractivity contribution in [3.05, 3.63) is 52.6 Å². The lowest BCUT2D eigenvalue weighted by atomic mass is 10.0. The number of imidazole rings is 1. The summed E-state index contributed by atoms with van der Waals surface area (Å²) >= 11 is 0. The van der Waals surface area contributed by atoms with Gasteiger partial charge in [0.25, 0.3) is 0 Å². The number of hydrogen-bond acceptors (Lipinski definition) is 2. The summed E-state index contributed by atoms with van der Waals surface area (Å²) in [6.07, 6.45) is 7.22. The number of aryl methyl sites for hydroxylation is 4. The van der Waals surface area contributed by atoms with E-state index in [9.17, 15) is 4.79 Å². The van der Waals surface area contributed by atoms with E-state index in [4.69, 9.17) is 0 Å². The van der Waals surface area contributed by atoms with Crippen molar-refractivity contribution in [3.8, 4) is 0 Å².